The molecule has 0 bridgehead atoms. The second kappa shape index (κ2) is 7.70. The molecule has 1 amide bonds. The molecule has 132 valence electrons. The number of carbonyl (C=O) groups excluding carboxylic acids is 1. The average molecular weight is 348 g/mol. The molecule has 3 rings (SSSR count). The van der Waals surface area contributed by atoms with Crippen LogP contribution in [0.15, 0.2) is 42.5 Å². The molecule has 0 unspecified atom stereocenters. The molecule has 0 aliphatic carbocycles. The Morgan fingerprint density at radius 3 is 2.44 bits per heavy atom. The van der Waals surface area contributed by atoms with Gasteiger partial charge in [-0.25, -0.2) is 13.2 Å². The van der Waals surface area contributed by atoms with Crippen molar-refractivity contribution < 1.29 is 18.0 Å². The number of halogens is 3. The van der Waals surface area contributed by atoms with Gasteiger partial charge in [-0.1, -0.05) is 18.2 Å². The van der Waals surface area contributed by atoms with Gasteiger partial charge in [0.15, 0.2) is 0 Å². The Labute approximate surface area is 144 Å². The fourth-order valence-corrected chi connectivity index (χ4v) is 3.05. The summed E-state index contributed by atoms with van der Waals surface area (Å²) in [6.45, 7) is 1.84. The van der Waals surface area contributed by atoms with Gasteiger partial charge in [0.1, 0.15) is 17.5 Å². The Hall–Kier alpha value is -2.34. The van der Waals surface area contributed by atoms with Crippen LogP contribution >= 0.6 is 0 Å². The average Bonchev–Trinajstić information content (AvgIpc) is 2.60. The number of rotatable bonds is 4. The smallest absolute Gasteiger partial charge is 0.227 e. The molecule has 0 spiro atoms. The fraction of sp³-hybridized carbons (Fsp3) is 0.316. The number of benzene rings is 2. The first-order valence-corrected chi connectivity index (χ1v) is 8.24. The lowest BCUT2D eigenvalue weighted by Crippen LogP contribution is -2.38. The van der Waals surface area contributed by atoms with Crippen molar-refractivity contribution in [3.63, 3.8) is 0 Å². The first-order chi connectivity index (χ1) is 12.0. The van der Waals surface area contributed by atoms with Crippen molar-refractivity contribution in [2.24, 2.45) is 5.92 Å². The van der Waals surface area contributed by atoms with E-state index in [1.807, 2.05) is 0 Å². The van der Waals surface area contributed by atoms with Crippen LogP contribution < -0.4 is 5.32 Å². The molecule has 2 aromatic carbocycles. The molecule has 0 radical (unpaired) electrons. The molecule has 0 atom stereocenters. The number of anilines is 1. The second-order valence-electron chi connectivity index (χ2n) is 6.26. The van der Waals surface area contributed by atoms with Crippen molar-refractivity contribution in [3.05, 3.63) is 65.5 Å². The van der Waals surface area contributed by atoms with Crippen LogP contribution in [0.2, 0.25) is 0 Å². The molecule has 2 aromatic rings. The summed E-state index contributed by atoms with van der Waals surface area (Å²) in [5.41, 5.74) is 0.624. The molecule has 3 nitrogen and oxygen atoms in total. The van der Waals surface area contributed by atoms with Crippen molar-refractivity contribution in [2.75, 3.05) is 18.4 Å². The highest BCUT2D eigenvalue weighted by Crippen LogP contribution is 2.23. The van der Waals surface area contributed by atoms with Crippen LogP contribution in [0.4, 0.5) is 18.9 Å². The molecule has 1 saturated heterocycles. The zero-order valence-corrected chi connectivity index (χ0v) is 13.6. The molecule has 0 saturated carbocycles. The number of nitrogens with one attached hydrogen (secondary N) is 1. The van der Waals surface area contributed by atoms with Crippen LogP contribution in [0, 0.1) is 23.4 Å². The second-order valence-corrected chi connectivity index (χ2v) is 6.26. The monoisotopic (exact) mass is 348 g/mol. The zero-order chi connectivity index (χ0) is 17.8. The van der Waals surface area contributed by atoms with E-state index in [4.69, 9.17) is 0 Å². The van der Waals surface area contributed by atoms with E-state index in [9.17, 15) is 18.0 Å². The van der Waals surface area contributed by atoms with Gasteiger partial charge in [0.05, 0.1) is 5.69 Å². The summed E-state index contributed by atoms with van der Waals surface area (Å²) in [5, 5.41) is 2.52. The number of nitrogens with zero attached hydrogens (tertiary/aromatic N) is 1. The van der Waals surface area contributed by atoms with E-state index in [0.29, 0.717) is 38.0 Å². The summed E-state index contributed by atoms with van der Waals surface area (Å²) in [7, 11) is 0. The maximum Gasteiger partial charge on any atom is 0.227 e. The summed E-state index contributed by atoms with van der Waals surface area (Å²) >= 11 is 0. The maximum atomic E-state index is 13.7. The number of hydrogen-bond acceptors (Lipinski definition) is 2. The highest BCUT2D eigenvalue weighted by Gasteiger charge is 2.26. The van der Waals surface area contributed by atoms with Gasteiger partial charge in [0.25, 0.3) is 0 Å². The maximum absolute atomic E-state index is 13.7. The summed E-state index contributed by atoms with van der Waals surface area (Å²) in [5.74, 6) is -2.20. The lowest BCUT2D eigenvalue weighted by molar-refractivity contribution is -0.121. The van der Waals surface area contributed by atoms with E-state index in [0.717, 1.165) is 12.1 Å². The van der Waals surface area contributed by atoms with Gasteiger partial charge in [-0.3, -0.25) is 9.69 Å². The molecule has 0 aromatic heterocycles. The summed E-state index contributed by atoms with van der Waals surface area (Å²) in [6.07, 6.45) is 1.23. The molecule has 25 heavy (non-hydrogen) atoms. The Kier molecular flexibility index (Phi) is 5.38. The molecule has 1 aliphatic heterocycles. The van der Waals surface area contributed by atoms with Crippen LogP contribution in [-0.2, 0) is 11.3 Å². The highest BCUT2D eigenvalue weighted by molar-refractivity contribution is 5.92. The Balaban J connectivity index is 1.53. The highest BCUT2D eigenvalue weighted by atomic mass is 19.1. The fourth-order valence-electron chi connectivity index (χ4n) is 3.05. The normalized spacial score (nSPS) is 16.0. The van der Waals surface area contributed by atoms with E-state index in [1.165, 1.54) is 12.1 Å². The topological polar surface area (TPSA) is 32.3 Å². The van der Waals surface area contributed by atoms with Crippen LogP contribution in [0.25, 0.3) is 0 Å². The number of hydrogen-bond donors (Lipinski definition) is 1. The third kappa shape index (κ3) is 4.39. The minimum atomic E-state index is -0.787. The minimum Gasteiger partial charge on any atom is -0.323 e. The van der Waals surface area contributed by atoms with Crippen molar-refractivity contribution in [3.8, 4) is 0 Å². The third-order valence-electron chi connectivity index (χ3n) is 4.50. The molecular formula is C19H19F3N2O. The number of carbonyl (C=O) groups is 1. The minimum absolute atomic E-state index is 0.0137. The number of piperidine rings is 1. The molecule has 6 heteroatoms. The third-order valence-corrected chi connectivity index (χ3v) is 4.50. The largest absolute Gasteiger partial charge is 0.323 e. The Bertz CT molecular complexity index is 758. The Morgan fingerprint density at radius 1 is 1.04 bits per heavy atom. The van der Waals surface area contributed by atoms with E-state index in [-0.39, 0.29) is 23.3 Å². The molecular weight excluding hydrogens is 329 g/mol. The quantitative estimate of drug-likeness (QED) is 0.907. The van der Waals surface area contributed by atoms with Crippen molar-refractivity contribution in [2.45, 2.75) is 19.4 Å². The Morgan fingerprint density at radius 2 is 1.76 bits per heavy atom. The van der Waals surface area contributed by atoms with Crippen molar-refractivity contribution in [1.82, 2.24) is 4.90 Å². The molecule has 1 N–H and O–H groups in total. The SMILES string of the molecule is O=C(Nc1ccc(F)cc1F)C1CCN(Cc2ccccc2F)CC1. The first kappa shape index (κ1) is 17.5. The molecule has 1 aliphatic rings. The van der Waals surface area contributed by atoms with Crippen LogP contribution in [0.3, 0.4) is 0 Å². The summed E-state index contributed by atoms with van der Waals surface area (Å²) in [6, 6.07) is 9.72. The number of amides is 1. The van der Waals surface area contributed by atoms with Crippen LogP contribution in [0.5, 0.6) is 0 Å². The number of likely N-dealkylation sites (tertiary alicyclic amines) is 1. The van der Waals surface area contributed by atoms with Gasteiger partial charge in [0, 0.05) is 24.1 Å². The van der Waals surface area contributed by atoms with Crippen LogP contribution in [0.1, 0.15) is 18.4 Å². The predicted octanol–water partition coefficient (Wildman–Crippen LogP) is 3.95. The van der Waals surface area contributed by atoms with Gasteiger partial charge in [-0.2, -0.15) is 0 Å². The first-order valence-electron chi connectivity index (χ1n) is 8.24. The summed E-state index contributed by atoms with van der Waals surface area (Å²) in [4.78, 5) is 14.4. The summed E-state index contributed by atoms with van der Waals surface area (Å²) < 4.78 is 40.2. The molecule has 1 heterocycles. The van der Waals surface area contributed by atoms with Crippen molar-refractivity contribution >= 4 is 11.6 Å². The van der Waals surface area contributed by atoms with Gasteiger partial charge >= 0.3 is 0 Å². The standard InChI is InChI=1S/C19H19F3N2O/c20-15-5-6-18(17(22)11-15)23-19(25)13-7-9-24(10-8-13)12-14-3-1-2-4-16(14)21/h1-6,11,13H,7-10,12H2,(H,23,25). The van der Waals surface area contributed by atoms with Crippen molar-refractivity contribution in [1.29, 1.82) is 0 Å². The van der Waals surface area contributed by atoms with Gasteiger partial charge in [-0.05, 0) is 44.1 Å². The van der Waals surface area contributed by atoms with E-state index >= 15 is 0 Å². The van der Waals surface area contributed by atoms with E-state index in [1.54, 1.807) is 18.2 Å². The zero-order valence-electron chi connectivity index (χ0n) is 13.6. The lowest BCUT2D eigenvalue weighted by atomic mass is 9.95. The lowest BCUT2D eigenvalue weighted by Gasteiger charge is -2.31. The van der Waals surface area contributed by atoms with E-state index in [2.05, 4.69) is 10.2 Å². The predicted molar refractivity (Wildman–Crippen MR) is 89.4 cm³/mol. The van der Waals surface area contributed by atoms with E-state index < -0.39 is 11.6 Å². The van der Waals surface area contributed by atoms with Gasteiger partial charge in [-0.15, -0.1) is 0 Å². The van der Waals surface area contributed by atoms with Crippen LogP contribution in [-0.4, -0.2) is 23.9 Å². The molecule has 1 fully saturated rings. The van der Waals surface area contributed by atoms with Gasteiger partial charge < -0.3 is 5.32 Å². The van der Waals surface area contributed by atoms with Gasteiger partial charge in [0.2, 0.25) is 5.91 Å².